The van der Waals surface area contributed by atoms with Crippen molar-refractivity contribution in [3.8, 4) is 0 Å². The lowest BCUT2D eigenvalue weighted by Crippen LogP contribution is -2.40. The first-order valence-corrected chi connectivity index (χ1v) is 8.70. The maximum Gasteiger partial charge on any atom is 0.262 e. The van der Waals surface area contributed by atoms with E-state index in [1.165, 1.54) is 22.2 Å². The van der Waals surface area contributed by atoms with Crippen molar-refractivity contribution >= 4 is 27.5 Å². The summed E-state index contributed by atoms with van der Waals surface area (Å²) < 4.78 is 1.53. The Morgan fingerprint density at radius 2 is 2.09 bits per heavy atom. The normalized spacial score (nSPS) is 16.2. The number of aryl methyl sites for hydroxylation is 3. The average Bonchev–Trinajstić information content (AvgIpc) is 2.82. The van der Waals surface area contributed by atoms with Crippen LogP contribution >= 0.6 is 11.3 Å². The second-order valence-corrected chi connectivity index (χ2v) is 7.27. The van der Waals surface area contributed by atoms with Gasteiger partial charge in [-0.2, -0.15) is 0 Å². The molecule has 0 aromatic carbocycles. The van der Waals surface area contributed by atoms with E-state index in [4.69, 9.17) is 0 Å². The molecule has 7 heteroatoms. The number of aliphatic hydroxyl groups excluding tert-OH is 1. The van der Waals surface area contributed by atoms with Gasteiger partial charge in [0.2, 0.25) is 5.91 Å². The molecule has 2 aromatic rings. The molecule has 23 heavy (non-hydrogen) atoms. The summed E-state index contributed by atoms with van der Waals surface area (Å²) in [5.41, 5.74) is 0.909. The minimum Gasteiger partial charge on any atom is -0.393 e. The Hall–Kier alpha value is -1.73. The van der Waals surface area contributed by atoms with Crippen LogP contribution in [-0.4, -0.2) is 44.7 Å². The van der Waals surface area contributed by atoms with Gasteiger partial charge in [0.25, 0.3) is 5.56 Å². The molecule has 124 valence electrons. The van der Waals surface area contributed by atoms with Gasteiger partial charge in [-0.15, -0.1) is 11.3 Å². The van der Waals surface area contributed by atoms with E-state index in [1.807, 2.05) is 13.8 Å². The number of likely N-dealkylation sites (tertiary alicyclic amines) is 1. The van der Waals surface area contributed by atoms with Gasteiger partial charge in [-0.25, -0.2) is 4.98 Å². The third-order valence-corrected chi connectivity index (χ3v) is 5.65. The van der Waals surface area contributed by atoms with Gasteiger partial charge in [0, 0.05) is 30.9 Å². The largest absolute Gasteiger partial charge is 0.393 e. The van der Waals surface area contributed by atoms with Crippen molar-refractivity contribution in [3.05, 3.63) is 27.1 Å². The molecule has 0 spiro atoms. The molecule has 0 bridgehead atoms. The lowest BCUT2D eigenvalue weighted by atomic mass is 10.1. The number of amides is 1. The van der Waals surface area contributed by atoms with Gasteiger partial charge in [0.05, 0.1) is 17.8 Å². The van der Waals surface area contributed by atoms with Gasteiger partial charge < -0.3 is 10.0 Å². The predicted octanol–water partition coefficient (Wildman–Crippen LogP) is 1.45. The van der Waals surface area contributed by atoms with E-state index in [-0.39, 0.29) is 24.0 Å². The number of nitrogens with zero attached hydrogens (tertiary/aromatic N) is 3. The van der Waals surface area contributed by atoms with Gasteiger partial charge in [-0.3, -0.25) is 14.2 Å². The summed E-state index contributed by atoms with van der Waals surface area (Å²) in [7, 11) is 0. The van der Waals surface area contributed by atoms with E-state index < -0.39 is 0 Å². The number of fused-ring (bicyclic) bond motifs is 1. The second kappa shape index (κ2) is 6.41. The summed E-state index contributed by atoms with van der Waals surface area (Å²) in [4.78, 5) is 32.8. The highest BCUT2D eigenvalue weighted by molar-refractivity contribution is 7.18. The molecule has 0 unspecified atom stereocenters. The van der Waals surface area contributed by atoms with Crippen molar-refractivity contribution in [3.63, 3.8) is 0 Å². The lowest BCUT2D eigenvalue weighted by molar-refractivity contribution is -0.133. The number of rotatable bonds is 3. The van der Waals surface area contributed by atoms with Crippen LogP contribution in [0.1, 0.15) is 29.7 Å². The van der Waals surface area contributed by atoms with Crippen molar-refractivity contribution < 1.29 is 9.90 Å². The predicted molar refractivity (Wildman–Crippen MR) is 89.8 cm³/mol. The van der Waals surface area contributed by atoms with Crippen molar-refractivity contribution in [2.45, 2.75) is 45.8 Å². The fourth-order valence-corrected chi connectivity index (χ4v) is 3.91. The molecule has 0 atom stereocenters. The summed E-state index contributed by atoms with van der Waals surface area (Å²) >= 11 is 1.53. The zero-order valence-corrected chi connectivity index (χ0v) is 14.2. The van der Waals surface area contributed by atoms with E-state index in [9.17, 15) is 14.7 Å². The summed E-state index contributed by atoms with van der Waals surface area (Å²) in [5, 5.41) is 10.2. The van der Waals surface area contributed by atoms with Crippen LogP contribution in [-0.2, 0) is 11.3 Å². The highest BCUT2D eigenvalue weighted by atomic mass is 32.1. The van der Waals surface area contributed by atoms with Crippen LogP contribution in [0.4, 0.5) is 0 Å². The van der Waals surface area contributed by atoms with Crippen LogP contribution in [0.3, 0.4) is 0 Å². The molecule has 1 aliphatic rings. The van der Waals surface area contributed by atoms with Crippen LogP contribution in [0, 0.1) is 13.8 Å². The standard InChI is InChI=1S/C16H21N3O3S/c1-10-11(2)23-15-14(10)16(22)19(9-17-15)8-5-13(21)18-6-3-12(20)4-7-18/h9,12,20H,3-8H2,1-2H3. The first-order valence-electron chi connectivity index (χ1n) is 7.88. The average molecular weight is 335 g/mol. The third-order valence-electron chi connectivity index (χ3n) is 4.54. The Kier molecular flexibility index (Phi) is 4.50. The maximum absolute atomic E-state index is 12.6. The molecule has 3 heterocycles. The van der Waals surface area contributed by atoms with E-state index in [0.29, 0.717) is 37.9 Å². The van der Waals surface area contributed by atoms with Crippen molar-refractivity contribution in [2.75, 3.05) is 13.1 Å². The number of carbonyl (C=O) groups excluding carboxylic acids is 1. The molecular formula is C16H21N3O3S. The number of hydrogen-bond donors (Lipinski definition) is 1. The van der Waals surface area contributed by atoms with Crippen LogP contribution in [0.25, 0.3) is 10.2 Å². The molecular weight excluding hydrogens is 314 g/mol. The smallest absolute Gasteiger partial charge is 0.262 e. The Balaban J connectivity index is 1.72. The number of piperidine rings is 1. The molecule has 0 saturated carbocycles. The number of aromatic nitrogens is 2. The van der Waals surface area contributed by atoms with Gasteiger partial charge in [0.1, 0.15) is 4.83 Å². The summed E-state index contributed by atoms with van der Waals surface area (Å²) in [6.07, 6.45) is 2.79. The molecule has 0 aliphatic carbocycles. The highest BCUT2D eigenvalue weighted by Crippen LogP contribution is 2.25. The van der Waals surface area contributed by atoms with E-state index in [2.05, 4.69) is 4.98 Å². The van der Waals surface area contributed by atoms with Gasteiger partial charge in [-0.05, 0) is 32.3 Å². The highest BCUT2D eigenvalue weighted by Gasteiger charge is 2.21. The minimum absolute atomic E-state index is 0.0297. The molecule has 1 fully saturated rings. The number of thiophene rings is 1. The number of hydrogen-bond acceptors (Lipinski definition) is 5. The Morgan fingerprint density at radius 3 is 2.78 bits per heavy atom. The minimum atomic E-state index is -0.293. The molecule has 2 aromatic heterocycles. The molecule has 1 N–H and O–H groups in total. The Bertz CT molecular complexity index is 788. The molecule has 1 aliphatic heterocycles. The topological polar surface area (TPSA) is 75.4 Å². The maximum atomic E-state index is 12.6. The van der Waals surface area contributed by atoms with Crippen molar-refractivity contribution in [1.82, 2.24) is 14.5 Å². The first kappa shape index (κ1) is 16.1. The van der Waals surface area contributed by atoms with Crippen molar-refractivity contribution in [1.29, 1.82) is 0 Å². The monoisotopic (exact) mass is 335 g/mol. The van der Waals surface area contributed by atoms with E-state index >= 15 is 0 Å². The number of aliphatic hydroxyl groups is 1. The van der Waals surface area contributed by atoms with E-state index in [0.717, 1.165) is 15.3 Å². The molecule has 6 nitrogen and oxygen atoms in total. The third kappa shape index (κ3) is 3.16. The lowest BCUT2D eigenvalue weighted by Gasteiger charge is -2.29. The van der Waals surface area contributed by atoms with Gasteiger partial charge >= 0.3 is 0 Å². The van der Waals surface area contributed by atoms with Crippen molar-refractivity contribution in [2.24, 2.45) is 0 Å². The fourth-order valence-electron chi connectivity index (χ4n) is 2.92. The van der Waals surface area contributed by atoms with Crippen LogP contribution in [0.15, 0.2) is 11.1 Å². The molecule has 0 radical (unpaired) electrons. The zero-order chi connectivity index (χ0) is 16.6. The molecule has 1 amide bonds. The Labute approximate surface area is 138 Å². The van der Waals surface area contributed by atoms with Gasteiger partial charge in [0.15, 0.2) is 0 Å². The SMILES string of the molecule is Cc1sc2ncn(CCC(=O)N3CCC(O)CC3)c(=O)c2c1C. The van der Waals surface area contributed by atoms with Gasteiger partial charge in [-0.1, -0.05) is 0 Å². The first-order chi connectivity index (χ1) is 11.0. The second-order valence-electron chi connectivity index (χ2n) is 6.07. The van der Waals surface area contributed by atoms with Crippen LogP contribution in [0.2, 0.25) is 0 Å². The zero-order valence-electron chi connectivity index (χ0n) is 13.4. The number of carbonyl (C=O) groups is 1. The fraction of sp³-hybridized carbons (Fsp3) is 0.562. The summed E-state index contributed by atoms with van der Waals surface area (Å²) in [6, 6.07) is 0. The van der Waals surface area contributed by atoms with E-state index in [1.54, 1.807) is 4.90 Å². The van der Waals surface area contributed by atoms with Crippen LogP contribution in [0.5, 0.6) is 0 Å². The molecule has 3 rings (SSSR count). The Morgan fingerprint density at radius 1 is 1.39 bits per heavy atom. The quantitative estimate of drug-likeness (QED) is 0.921. The van der Waals surface area contributed by atoms with Crippen LogP contribution < -0.4 is 5.56 Å². The summed E-state index contributed by atoms with van der Waals surface area (Å²) in [6.45, 7) is 5.45. The summed E-state index contributed by atoms with van der Waals surface area (Å²) in [5.74, 6) is 0.0297. The molecule has 1 saturated heterocycles.